The van der Waals surface area contributed by atoms with E-state index in [1.807, 2.05) is 19.1 Å². The van der Waals surface area contributed by atoms with Crippen LogP contribution in [0.15, 0.2) is 53.4 Å². The highest BCUT2D eigenvalue weighted by Crippen LogP contribution is 2.26. The molecule has 2 aromatic rings. The van der Waals surface area contributed by atoms with Crippen molar-refractivity contribution in [2.45, 2.75) is 24.8 Å². The van der Waals surface area contributed by atoms with Crippen LogP contribution in [0.2, 0.25) is 0 Å². The standard InChI is InChI=1S/C20H21N3O5S/c1-13-4-8-16(9-5-13)23-14(2)19(25)22(20(23)26)12-18(24)21-15-6-10-17(11-7-15)29(3,27)28/h4-11,14H,12H2,1-3H3,(H,21,24)/t14-/m1/s1. The van der Waals surface area contributed by atoms with Crippen LogP contribution in [0.5, 0.6) is 0 Å². The molecule has 29 heavy (non-hydrogen) atoms. The van der Waals surface area contributed by atoms with Gasteiger partial charge in [-0.2, -0.15) is 0 Å². The predicted molar refractivity (Wildman–Crippen MR) is 108 cm³/mol. The molecule has 0 unspecified atom stereocenters. The maximum atomic E-state index is 12.7. The Morgan fingerprint density at radius 1 is 1.03 bits per heavy atom. The molecule has 0 aliphatic carbocycles. The van der Waals surface area contributed by atoms with Crippen LogP contribution in [0.25, 0.3) is 0 Å². The van der Waals surface area contributed by atoms with Crippen molar-refractivity contribution >= 4 is 39.1 Å². The van der Waals surface area contributed by atoms with E-state index in [-0.39, 0.29) is 4.90 Å². The maximum Gasteiger partial charge on any atom is 0.332 e. The molecule has 3 rings (SSSR count). The maximum absolute atomic E-state index is 12.7. The van der Waals surface area contributed by atoms with Crippen LogP contribution in [0.1, 0.15) is 12.5 Å². The first-order chi connectivity index (χ1) is 13.6. The lowest BCUT2D eigenvalue weighted by atomic mass is 10.2. The molecule has 9 heteroatoms. The number of amides is 4. The molecule has 1 saturated heterocycles. The fourth-order valence-corrected chi connectivity index (χ4v) is 3.67. The molecule has 1 N–H and O–H groups in total. The molecule has 1 fully saturated rings. The summed E-state index contributed by atoms with van der Waals surface area (Å²) in [4.78, 5) is 40.0. The number of anilines is 2. The third-order valence-electron chi connectivity index (χ3n) is 4.63. The molecule has 0 aromatic heterocycles. The number of benzene rings is 2. The minimum Gasteiger partial charge on any atom is -0.325 e. The van der Waals surface area contributed by atoms with Crippen molar-refractivity contribution in [3.63, 3.8) is 0 Å². The van der Waals surface area contributed by atoms with Gasteiger partial charge in [-0.15, -0.1) is 0 Å². The van der Waals surface area contributed by atoms with E-state index in [2.05, 4.69) is 5.32 Å². The fourth-order valence-electron chi connectivity index (χ4n) is 3.04. The van der Waals surface area contributed by atoms with Gasteiger partial charge in [0.25, 0.3) is 5.91 Å². The minimum atomic E-state index is -3.34. The van der Waals surface area contributed by atoms with Crippen LogP contribution in [0.4, 0.5) is 16.2 Å². The molecule has 0 saturated carbocycles. The number of rotatable bonds is 5. The lowest BCUT2D eigenvalue weighted by molar-refractivity contribution is -0.130. The summed E-state index contributed by atoms with van der Waals surface area (Å²) in [5, 5.41) is 2.57. The normalized spacial score (nSPS) is 17.0. The zero-order valence-electron chi connectivity index (χ0n) is 16.2. The van der Waals surface area contributed by atoms with E-state index < -0.39 is 40.3 Å². The highest BCUT2D eigenvalue weighted by atomic mass is 32.2. The van der Waals surface area contributed by atoms with Crippen LogP contribution < -0.4 is 10.2 Å². The average Bonchev–Trinajstić information content (AvgIpc) is 2.86. The van der Waals surface area contributed by atoms with Crippen molar-refractivity contribution in [2.75, 3.05) is 23.0 Å². The van der Waals surface area contributed by atoms with E-state index in [1.54, 1.807) is 19.1 Å². The van der Waals surface area contributed by atoms with Gasteiger partial charge in [-0.25, -0.2) is 13.2 Å². The van der Waals surface area contributed by atoms with E-state index in [0.717, 1.165) is 16.7 Å². The van der Waals surface area contributed by atoms with E-state index in [1.165, 1.54) is 29.2 Å². The van der Waals surface area contributed by atoms with E-state index in [4.69, 9.17) is 0 Å². The molecule has 1 aliphatic heterocycles. The summed E-state index contributed by atoms with van der Waals surface area (Å²) in [5.74, 6) is -1.02. The Morgan fingerprint density at radius 2 is 1.62 bits per heavy atom. The van der Waals surface area contributed by atoms with Crippen molar-refractivity contribution < 1.29 is 22.8 Å². The Balaban J connectivity index is 1.70. The summed E-state index contributed by atoms with van der Waals surface area (Å²) < 4.78 is 23.0. The van der Waals surface area contributed by atoms with Crippen LogP contribution in [0, 0.1) is 6.92 Å². The zero-order chi connectivity index (χ0) is 21.3. The van der Waals surface area contributed by atoms with Gasteiger partial charge in [0.1, 0.15) is 12.6 Å². The summed E-state index contributed by atoms with van der Waals surface area (Å²) in [5.41, 5.74) is 1.98. The zero-order valence-corrected chi connectivity index (χ0v) is 17.1. The molecule has 0 radical (unpaired) electrons. The number of sulfone groups is 1. The van der Waals surface area contributed by atoms with E-state index >= 15 is 0 Å². The largest absolute Gasteiger partial charge is 0.332 e. The Hall–Kier alpha value is -3.20. The van der Waals surface area contributed by atoms with Crippen molar-refractivity contribution in [1.82, 2.24) is 4.90 Å². The average molecular weight is 415 g/mol. The van der Waals surface area contributed by atoms with Gasteiger partial charge in [0.15, 0.2) is 9.84 Å². The fraction of sp³-hybridized carbons (Fsp3) is 0.250. The molecule has 1 aliphatic rings. The lowest BCUT2D eigenvalue weighted by Gasteiger charge is -2.19. The smallest absolute Gasteiger partial charge is 0.325 e. The lowest BCUT2D eigenvalue weighted by Crippen LogP contribution is -2.39. The van der Waals surface area contributed by atoms with Crippen molar-refractivity contribution in [2.24, 2.45) is 0 Å². The van der Waals surface area contributed by atoms with Gasteiger partial charge in [-0.05, 0) is 50.2 Å². The van der Waals surface area contributed by atoms with Crippen LogP contribution >= 0.6 is 0 Å². The second kappa shape index (κ2) is 7.67. The first-order valence-electron chi connectivity index (χ1n) is 8.89. The third kappa shape index (κ3) is 4.29. The Kier molecular flexibility index (Phi) is 5.43. The van der Waals surface area contributed by atoms with Crippen molar-refractivity contribution in [1.29, 1.82) is 0 Å². The molecule has 152 valence electrons. The topological polar surface area (TPSA) is 104 Å². The number of carbonyl (C=O) groups is 3. The summed E-state index contributed by atoms with van der Waals surface area (Å²) >= 11 is 0. The Morgan fingerprint density at radius 3 is 2.17 bits per heavy atom. The number of urea groups is 1. The molecule has 8 nitrogen and oxygen atoms in total. The van der Waals surface area contributed by atoms with Crippen molar-refractivity contribution in [3.8, 4) is 0 Å². The molecule has 2 aromatic carbocycles. The van der Waals surface area contributed by atoms with E-state index in [0.29, 0.717) is 11.4 Å². The number of imide groups is 1. The number of nitrogens with one attached hydrogen (secondary N) is 1. The summed E-state index contributed by atoms with van der Waals surface area (Å²) in [7, 11) is -3.34. The van der Waals surface area contributed by atoms with Gasteiger partial charge in [0.05, 0.1) is 4.90 Å². The van der Waals surface area contributed by atoms with Crippen LogP contribution in [0.3, 0.4) is 0 Å². The molecule has 1 heterocycles. The van der Waals surface area contributed by atoms with Gasteiger partial charge >= 0.3 is 6.03 Å². The first-order valence-corrected chi connectivity index (χ1v) is 10.8. The second-order valence-corrected chi connectivity index (χ2v) is 8.95. The monoisotopic (exact) mass is 415 g/mol. The predicted octanol–water partition coefficient (Wildman–Crippen LogP) is 2.19. The molecule has 0 bridgehead atoms. The molecular formula is C20H21N3O5S. The Labute approximate surface area is 169 Å². The summed E-state index contributed by atoms with van der Waals surface area (Å²) in [6.45, 7) is 3.10. The van der Waals surface area contributed by atoms with Crippen LogP contribution in [-0.4, -0.2) is 50.0 Å². The van der Waals surface area contributed by atoms with Gasteiger partial charge in [-0.1, -0.05) is 17.7 Å². The first kappa shape index (κ1) is 20.5. The second-order valence-electron chi connectivity index (χ2n) is 6.93. The highest BCUT2D eigenvalue weighted by molar-refractivity contribution is 7.90. The molecular weight excluding hydrogens is 394 g/mol. The van der Waals surface area contributed by atoms with Gasteiger partial charge in [0.2, 0.25) is 5.91 Å². The highest BCUT2D eigenvalue weighted by Gasteiger charge is 2.44. The number of aryl methyl sites for hydroxylation is 1. The molecule has 1 atom stereocenters. The van der Waals surface area contributed by atoms with Crippen LogP contribution in [-0.2, 0) is 19.4 Å². The quantitative estimate of drug-likeness (QED) is 0.754. The number of hydrogen-bond donors (Lipinski definition) is 1. The summed E-state index contributed by atoms with van der Waals surface area (Å²) in [6.07, 6.45) is 1.09. The SMILES string of the molecule is Cc1ccc(N2C(=O)N(CC(=O)Nc3ccc(S(C)(=O)=O)cc3)C(=O)[C@H]2C)cc1. The van der Waals surface area contributed by atoms with E-state index in [9.17, 15) is 22.8 Å². The molecule has 0 spiro atoms. The van der Waals surface area contributed by atoms with Gasteiger partial charge in [0, 0.05) is 17.6 Å². The third-order valence-corrected chi connectivity index (χ3v) is 5.76. The number of nitrogens with zero attached hydrogens (tertiary/aromatic N) is 2. The molecule has 4 amide bonds. The van der Waals surface area contributed by atoms with Crippen molar-refractivity contribution in [3.05, 3.63) is 54.1 Å². The van der Waals surface area contributed by atoms with Gasteiger partial charge < -0.3 is 5.32 Å². The van der Waals surface area contributed by atoms with Gasteiger partial charge in [-0.3, -0.25) is 19.4 Å². The number of carbonyl (C=O) groups excluding carboxylic acids is 3. The Bertz CT molecular complexity index is 1060. The minimum absolute atomic E-state index is 0.128. The number of hydrogen-bond acceptors (Lipinski definition) is 5. The summed E-state index contributed by atoms with van der Waals surface area (Å²) in [6, 6.07) is 11.6.